The third-order valence-electron chi connectivity index (χ3n) is 2.28. The molecule has 0 unspecified atom stereocenters. The van der Waals surface area contributed by atoms with Gasteiger partial charge in [-0.1, -0.05) is 11.6 Å². The molecule has 3 nitrogen and oxygen atoms in total. The second-order valence-corrected chi connectivity index (χ2v) is 5.40. The van der Waals surface area contributed by atoms with Gasteiger partial charge in [-0.3, -0.25) is 0 Å². The van der Waals surface area contributed by atoms with Crippen molar-refractivity contribution in [2.75, 3.05) is 5.32 Å². The van der Waals surface area contributed by atoms with E-state index in [0.717, 1.165) is 15.0 Å². The third-order valence-corrected chi connectivity index (χ3v) is 3.26. The largest absolute Gasteiger partial charge is 0.339 e. The summed E-state index contributed by atoms with van der Waals surface area (Å²) in [6.45, 7) is 1.85. The van der Waals surface area contributed by atoms with Crippen LogP contribution in [0.1, 0.15) is 11.3 Å². The van der Waals surface area contributed by atoms with Crippen LogP contribution in [0.3, 0.4) is 0 Å². The Labute approximate surface area is 124 Å². The zero-order valence-electron chi connectivity index (χ0n) is 9.54. The molecule has 0 aliphatic carbocycles. The molecule has 2 rings (SSSR count). The van der Waals surface area contributed by atoms with E-state index in [1.54, 1.807) is 12.1 Å². The number of aromatic nitrogens is 1. The molecule has 0 atom stereocenters. The number of hydrogen-bond donors (Lipinski definition) is 1. The number of nitrogens with one attached hydrogen (secondary N) is 1. The number of anilines is 2. The third kappa shape index (κ3) is 3.12. The van der Waals surface area contributed by atoms with Crippen molar-refractivity contribution in [2.24, 2.45) is 0 Å². The first-order valence-corrected chi connectivity index (χ1v) is 6.65. The standard InChI is InChI=1S/C13H9ClIN3/c1-8-4-9(7-16)5-13(17-8)18-12-3-2-10(15)6-11(12)14/h2-6H,1H3,(H,17,18). The van der Waals surface area contributed by atoms with E-state index in [1.165, 1.54) is 0 Å². The van der Waals surface area contributed by atoms with Gasteiger partial charge in [-0.25, -0.2) is 4.98 Å². The SMILES string of the molecule is Cc1cc(C#N)cc(Nc2ccc(I)cc2Cl)n1. The van der Waals surface area contributed by atoms with Crippen LogP contribution in [-0.2, 0) is 0 Å². The summed E-state index contributed by atoms with van der Waals surface area (Å²) in [6, 6.07) is 11.2. The minimum absolute atomic E-state index is 0.576. The van der Waals surface area contributed by atoms with Crippen molar-refractivity contribution in [3.8, 4) is 6.07 Å². The lowest BCUT2D eigenvalue weighted by Gasteiger charge is -2.09. The molecule has 0 amide bonds. The molecule has 0 saturated carbocycles. The lowest BCUT2D eigenvalue weighted by atomic mass is 10.2. The zero-order valence-corrected chi connectivity index (χ0v) is 12.5. The molecule has 0 radical (unpaired) electrons. The van der Waals surface area contributed by atoms with Gasteiger partial charge >= 0.3 is 0 Å². The Morgan fingerprint density at radius 3 is 2.78 bits per heavy atom. The first-order valence-electron chi connectivity index (χ1n) is 5.19. The molecule has 1 N–H and O–H groups in total. The van der Waals surface area contributed by atoms with Crippen LogP contribution in [0.5, 0.6) is 0 Å². The molecule has 2 aromatic rings. The number of pyridine rings is 1. The van der Waals surface area contributed by atoms with Crippen molar-refractivity contribution in [3.63, 3.8) is 0 Å². The van der Waals surface area contributed by atoms with E-state index in [1.807, 2.05) is 25.1 Å². The Kier molecular flexibility index (Phi) is 4.04. The Morgan fingerprint density at radius 2 is 2.11 bits per heavy atom. The number of benzene rings is 1. The molecular formula is C13H9ClIN3. The normalized spacial score (nSPS) is 9.89. The summed E-state index contributed by atoms with van der Waals surface area (Å²) in [6.07, 6.45) is 0. The van der Waals surface area contributed by atoms with Crippen LogP contribution in [-0.4, -0.2) is 4.98 Å². The van der Waals surface area contributed by atoms with Crippen LogP contribution >= 0.6 is 34.2 Å². The van der Waals surface area contributed by atoms with E-state index in [-0.39, 0.29) is 0 Å². The number of nitrogens with zero attached hydrogens (tertiary/aromatic N) is 2. The minimum Gasteiger partial charge on any atom is -0.339 e. The molecule has 1 aromatic carbocycles. The fourth-order valence-corrected chi connectivity index (χ4v) is 2.43. The summed E-state index contributed by atoms with van der Waals surface area (Å²) in [7, 11) is 0. The summed E-state index contributed by atoms with van der Waals surface area (Å²) in [5, 5.41) is 12.7. The highest BCUT2D eigenvalue weighted by atomic mass is 127. The van der Waals surface area contributed by atoms with E-state index in [2.05, 4.69) is 39.0 Å². The Hall–Kier alpha value is -1.32. The van der Waals surface area contributed by atoms with Crippen LogP contribution in [0.15, 0.2) is 30.3 Å². The maximum Gasteiger partial charge on any atom is 0.131 e. The Bertz CT molecular complexity index is 635. The molecular weight excluding hydrogens is 361 g/mol. The fraction of sp³-hybridized carbons (Fsp3) is 0.0769. The van der Waals surface area contributed by atoms with Crippen molar-refractivity contribution in [1.82, 2.24) is 4.98 Å². The summed E-state index contributed by atoms with van der Waals surface area (Å²) >= 11 is 8.33. The number of hydrogen-bond acceptors (Lipinski definition) is 3. The molecule has 0 saturated heterocycles. The van der Waals surface area contributed by atoms with Crippen molar-refractivity contribution in [2.45, 2.75) is 6.92 Å². The number of rotatable bonds is 2. The van der Waals surface area contributed by atoms with Crippen LogP contribution < -0.4 is 5.32 Å². The average molecular weight is 370 g/mol. The molecule has 90 valence electrons. The van der Waals surface area contributed by atoms with Gasteiger partial charge in [0.1, 0.15) is 5.82 Å². The van der Waals surface area contributed by atoms with E-state index in [4.69, 9.17) is 16.9 Å². The molecule has 1 aromatic heterocycles. The fourth-order valence-electron chi connectivity index (χ4n) is 1.53. The Balaban J connectivity index is 2.34. The molecule has 0 fully saturated rings. The van der Waals surface area contributed by atoms with Crippen molar-refractivity contribution < 1.29 is 0 Å². The monoisotopic (exact) mass is 369 g/mol. The van der Waals surface area contributed by atoms with Gasteiger partial charge in [-0.15, -0.1) is 0 Å². The minimum atomic E-state index is 0.576. The summed E-state index contributed by atoms with van der Waals surface area (Å²) < 4.78 is 1.07. The van der Waals surface area contributed by atoms with Crippen LogP contribution in [0.25, 0.3) is 0 Å². The quantitative estimate of drug-likeness (QED) is 0.805. The first-order chi connectivity index (χ1) is 8.58. The Morgan fingerprint density at radius 1 is 1.33 bits per heavy atom. The molecule has 18 heavy (non-hydrogen) atoms. The van der Waals surface area contributed by atoms with Crippen molar-refractivity contribution in [3.05, 3.63) is 50.2 Å². The van der Waals surface area contributed by atoms with E-state index in [9.17, 15) is 0 Å². The maximum atomic E-state index is 8.91. The lowest BCUT2D eigenvalue weighted by Crippen LogP contribution is -1.97. The summed E-state index contributed by atoms with van der Waals surface area (Å²) in [5.74, 6) is 0.620. The first kappa shape index (κ1) is 13.1. The second-order valence-electron chi connectivity index (χ2n) is 3.74. The lowest BCUT2D eigenvalue weighted by molar-refractivity contribution is 1.19. The molecule has 0 spiro atoms. The predicted molar refractivity (Wildman–Crippen MR) is 81.1 cm³/mol. The van der Waals surface area contributed by atoms with E-state index >= 15 is 0 Å². The summed E-state index contributed by atoms with van der Waals surface area (Å²) in [4.78, 5) is 4.32. The second kappa shape index (κ2) is 5.55. The number of halogens is 2. The van der Waals surface area contributed by atoms with E-state index < -0.39 is 0 Å². The smallest absolute Gasteiger partial charge is 0.131 e. The molecule has 0 aliphatic rings. The van der Waals surface area contributed by atoms with Gasteiger partial charge in [0.25, 0.3) is 0 Å². The average Bonchev–Trinajstić information content (AvgIpc) is 2.32. The molecule has 1 heterocycles. The maximum absolute atomic E-state index is 8.91. The highest BCUT2D eigenvalue weighted by Crippen LogP contribution is 2.26. The zero-order chi connectivity index (χ0) is 13.1. The van der Waals surface area contributed by atoms with Crippen LogP contribution in [0, 0.1) is 21.8 Å². The van der Waals surface area contributed by atoms with Gasteiger partial charge in [0.15, 0.2) is 0 Å². The van der Waals surface area contributed by atoms with Crippen LogP contribution in [0.4, 0.5) is 11.5 Å². The summed E-state index contributed by atoms with van der Waals surface area (Å²) in [5.41, 5.74) is 2.14. The van der Waals surface area contributed by atoms with Gasteiger partial charge in [0, 0.05) is 9.26 Å². The highest BCUT2D eigenvalue weighted by molar-refractivity contribution is 14.1. The van der Waals surface area contributed by atoms with Gasteiger partial charge in [0.2, 0.25) is 0 Å². The number of nitriles is 1. The van der Waals surface area contributed by atoms with Crippen molar-refractivity contribution in [1.29, 1.82) is 5.26 Å². The van der Waals surface area contributed by atoms with Crippen molar-refractivity contribution >= 4 is 45.7 Å². The van der Waals surface area contributed by atoms with Gasteiger partial charge in [-0.05, 0) is 59.8 Å². The topological polar surface area (TPSA) is 48.7 Å². The number of aryl methyl sites for hydroxylation is 1. The van der Waals surface area contributed by atoms with Gasteiger partial charge < -0.3 is 5.32 Å². The highest BCUT2D eigenvalue weighted by Gasteiger charge is 2.04. The van der Waals surface area contributed by atoms with E-state index in [0.29, 0.717) is 16.4 Å². The van der Waals surface area contributed by atoms with Gasteiger partial charge in [0.05, 0.1) is 22.3 Å². The van der Waals surface area contributed by atoms with Gasteiger partial charge in [-0.2, -0.15) is 5.26 Å². The molecule has 5 heteroatoms. The predicted octanol–water partition coefficient (Wildman–Crippen LogP) is 4.26. The molecule has 0 aliphatic heterocycles. The molecule has 0 bridgehead atoms. The van der Waals surface area contributed by atoms with Crippen LogP contribution in [0.2, 0.25) is 5.02 Å².